The van der Waals surface area contributed by atoms with Gasteiger partial charge in [0, 0.05) is 0 Å². The van der Waals surface area contributed by atoms with Crippen LogP contribution in [0.2, 0.25) is 0 Å². The number of ether oxygens (including phenoxy) is 3. The number of aliphatic hydroxyl groups is 7. The van der Waals surface area contributed by atoms with E-state index in [1.165, 1.54) is 0 Å². The van der Waals surface area contributed by atoms with E-state index in [1.54, 1.807) is 0 Å². The SMILES string of the molecule is OC[C@H]1O[C@@](CO)(O[C@H]2O[C@H](CO)[C@@H](O)[C@H](S)[C@H]2O)[C@@H](O)[C@@H]1O. The molecule has 0 amide bonds. The minimum atomic E-state index is -2.14. The van der Waals surface area contributed by atoms with Crippen LogP contribution in [0.3, 0.4) is 0 Å². The fourth-order valence-corrected chi connectivity index (χ4v) is 2.96. The van der Waals surface area contributed by atoms with E-state index in [2.05, 4.69) is 12.6 Å². The van der Waals surface area contributed by atoms with Crippen LogP contribution in [0, 0.1) is 0 Å². The molecule has 0 bridgehead atoms. The van der Waals surface area contributed by atoms with Crippen molar-refractivity contribution in [2.24, 2.45) is 0 Å². The summed E-state index contributed by atoms with van der Waals surface area (Å²) in [7, 11) is 0. The van der Waals surface area contributed by atoms with E-state index in [1.807, 2.05) is 0 Å². The Balaban J connectivity index is 2.18. The van der Waals surface area contributed by atoms with Crippen LogP contribution < -0.4 is 0 Å². The Morgan fingerprint density at radius 1 is 0.913 bits per heavy atom. The lowest BCUT2D eigenvalue weighted by Gasteiger charge is -2.43. The summed E-state index contributed by atoms with van der Waals surface area (Å²) in [6, 6.07) is 0. The van der Waals surface area contributed by atoms with Crippen molar-refractivity contribution in [3.05, 3.63) is 0 Å². The van der Waals surface area contributed by atoms with E-state index < -0.39 is 73.8 Å². The van der Waals surface area contributed by atoms with Crippen molar-refractivity contribution >= 4 is 12.6 Å². The summed E-state index contributed by atoms with van der Waals surface area (Å²) < 4.78 is 15.7. The number of hydrogen-bond acceptors (Lipinski definition) is 11. The van der Waals surface area contributed by atoms with Gasteiger partial charge in [0.1, 0.15) is 37.1 Å². The molecule has 0 saturated carbocycles. The van der Waals surface area contributed by atoms with Crippen LogP contribution in [0.4, 0.5) is 0 Å². The Morgan fingerprint density at radius 3 is 2.00 bits per heavy atom. The fourth-order valence-electron chi connectivity index (χ4n) is 2.63. The molecule has 0 radical (unpaired) electrons. The van der Waals surface area contributed by atoms with Crippen molar-refractivity contribution in [3.8, 4) is 0 Å². The zero-order chi connectivity index (χ0) is 17.4. The number of rotatable bonds is 5. The number of thiol groups is 1. The first kappa shape index (κ1) is 19.3. The average Bonchev–Trinajstić information content (AvgIpc) is 2.80. The maximum Gasteiger partial charge on any atom is 0.224 e. The summed E-state index contributed by atoms with van der Waals surface area (Å²) in [6.07, 6.45) is -9.82. The van der Waals surface area contributed by atoms with Gasteiger partial charge < -0.3 is 50.0 Å². The molecule has 0 aromatic heterocycles. The molecule has 2 aliphatic heterocycles. The van der Waals surface area contributed by atoms with Crippen molar-refractivity contribution in [2.75, 3.05) is 19.8 Å². The molecule has 11 heteroatoms. The van der Waals surface area contributed by atoms with Gasteiger partial charge in [0.15, 0.2) is 6.29 Å². The van der Waals surface area contributed by atoms with E-state index in [-0.39, 0.29) is 0 Å². The molecule has 0 spiro atoms. The Hall–Kier alpha value is -0.0500. The van der Waals surface area contributed by atoms with E-state index >= 15 is 0 Å². The lowest BCUT2D eigenvalue weighted by atomic mass is 10.0. The number of hydrogen-bond donors (Lipinski definition) is 8. The molecule has 0 unspecified atom stereocenters. The summed E-state index contributed by atoms with van der Waals surface area (Å²) in [5, 5.41) is 66.5. The van der Waals surface area contributed by atoms with Crippen molar-refractivity contribution in [1.29, 1.82) is 0 Å². The highest BCUT2D eigenvalue weighted by Crippen LogP contribution is 2.36. The highest BCUT2D eigenvalue weighted by atomic mass is 32.1. The van der Waals surface area contributed by atoms with Crippen LogP contribution in [0.15, 0.2) is 0 Å². The molecule has 2 fully saturated rings. The molecule has 0 aromatic carbocycles. The van der Waals surface area contributed by atoms with E-state index in [4.69, 9.17) is 19.3 Å². The predicted octanol–water partition coefficient (Wildman–Crippen LogP) is -4.46. The summed E-state index contributed by atoms with van der Waals surface area (Å²) in [5.74, 6) is -2.14. The Morgan fingerprint density at radius 2 is 1.52 bits per heavy atom. The van der Waals surface area contributed by atoms with Gasteiger partial charge in [0.25, 0.3) is 0 Å². The third-order valence-corrected chi connectivity index (χ3v) is 4.68. The maximum atomic E-state index is 10.1. The van der Waals surface area contributed by atoms with Gasteiger partial charge in [0.2, 0.25) is 5.79 Å². The highest BCUT2D eigenvalue weighted by Gasteiger charge is 2.58. The second kappa shape index (κ2) is 7.45. The molecule has 9 atom stereocenters. The van der Waals surface area contributed by atoms with Crippen LogP contribution in [-0.2, 0) is 14.2 Å². The molecular formula is C12H22O10S. The lowest BCUT2D eigenvalue weighted by molar-refractivity contribution is -0.371. The monoisotopic (exact) mass is 358 g/mol. The van der Waals surface area contributed by atoms with Gasteiger partial charge in [-0.2, -0.15) is 12.6 Å². The smallest absolute Gasteiger partial charge is 0.224 e. The largest absolute Gasteiger partial charge is 0.394 e. The minimum Gasteiger partial charge on any atom is -0.394 e. The van der Waals surface area contributed by atoms with Crippen molar-refractivity contribution in [2.45, 2.75) is 54.0 Å². The van der Waals surface area contributed by atoms with Crippen LogP contribution in [-0.4, -0.2) is 110 Å². The first-order valence-electron chi connectivity index (χ1n) is 7.05. The van der Waals surface area contributed by atoms with Crippen LogP contribution in [0.1, 0.15) is 0 Å². The molecule has 0 aromatic rings. The molecular weight excluding hydrogens is 336 g/mol. The Kier molecular flexibility index (Phi) is 6.25. The minimum absolute atomic E-state index is 0.581. The van der Waals surface area contributed by atoms with Gasteiger partial charge in [-0.3, -0.25) is 0 Å². The second-order valence-electron chi connectivity index (χ2n) is 5.56. The molecule has 2 saturated heterocycles. The van der Waals surface area contributed by atoms with Crippen molar-refractivity contribution in [3.63, 3.8) is 0 Å². The maximum absolute atomic E-state index is 10.1. The lowest BCUT2D eigenvalue weighted by Crippen LogP contribution is -2.61. The molecule has 10 nitrogen and oxygen atoms in total. The molecule has 2 aliphatic rings. The van der Waals surface area contributed by atoms with E-state index in [0.29, 0.717) is 0 Å². The van der Waals surface area contributed by atoms with E-state index in [0.717, 1.165) is 0 Å². The summed E-state index contributed by atoms with van der Waals surface area (Å²) in [4.78, 5) is 0. The second-order valence-corrected chi connectivity index (χ2v) is 6.16. The first-order valence-corrected chi connectivity index (χ1v) is 7.57. The summed E-state index contributed by atoms with van der Waals surface area (Å²) in [5.41, 5.74) is 0. The number of aliphatic hydroxyl groups excluding tert-OH is 7. The zero-order valence-electron chi connectivity index (χ0n) is 12.0. The molecule has 0 aliphatic carbocycles. The predicted molar refractivity (Wildman–Crippen MR) is 75.4 cm³/mol. The highest BCUT2D eigenvalue weighted by molar-refractivity contribution is 7.81. The first-order chi connectivity index (χ1) is 10.8. The molecule has 7 N–H and O–H groups in total. The van der Waals surface area contributed by atoms with Crippen molar-refractivity contribution < 1.29 is 50.0 Å². The topological polar surface area (TPSA) is 169 Å². The molecule has 2 heterocycles. The Bertz CT molecular complexity index is 398. The average molecular weight is 358 g/mol. The van der Waals surface area contributed by atoms with Gasteiger partial charge in [-0.25, -0.2) is 0 Å². The zero-order valence-corrected chi connectivity index (χ0v) is 12.9. The normalized spacial score (nSPS) is 51.1. The van der Waals surface area contributed by atoms with Crippen LogP contribution in [0.25, 0.3) is 0 Å². The van der Waals surface area contributed by atoms with Crippen molar-refractivity contribution in [1.82, 2.24) is 0 Å². The molecule has 136 valence electrons. The standard InChI is InChI=1S/C12H22O10S/c13-1-4-6(16)9(23)8(18)11(20-4)22-12(3-15)10(19)7(17)5(2-14)21-12/h4-11,13-19,23H,1-3H2/t4-,5-,6-,7-,8-,9+,10+,11-,12+/m1/s1. The third-order valence-electron chi connectivity index (χ3n) is 4.07. The quantitative estimate of drug-likeness (QED) is 0.224. The van der Waals surface area contributed by atoms with Crippen LogP contribution >= 0.6 is 12.6 Å². The van der Waals surface area contributed by atoms with Gasteiger partial charge in [0.05, 0.1) is 24.6 Å². The van der Waals surface area contributed by atoms with Gasteiger partial charge in [-0.15, -0.1) is 0 Å². The van der Waals surface area contributed by atoms with E-state index in [9.17, 15) is 30.6 Å². The van der Waals surface area contributed by atoms with Gasteiger partial charge >= 0.3 is 0 Å². The molecule has 23 heavy (non-hydrogen) atoms. The Labute approximate surface area is 137 Å². The van der Waals surface area contributed by atoms with Crippen LogP contribution in [0.5, 0.6) is 0 Å². The molecule has 2 rings (SSSR count). The summed E-state index contributed by atoms with van der Waals surface area (Å²) in [6.45, 7) is -2.12. The third kappa shape index (κ3) is 3.37. The fraction of sp³-hybridized carbons (Fsp3) is 1.00. The summed E-state index contributed by atoms with van der Waals surface area (Å²) >= 11 is 4.03. The van der Waals surface area contributed by atoms with Gasteiger partial charge in [-0.1, -0.05) is 0 Å². The van der Waals surface area contributed by atoms with Gasteiger partial charge in [-0.05, 0) is 0 Å².